The minimum Gasteiger partial charge on any atom is -0.249 e. The van der Waals surface area contributed by atoms with E-state index in [4.69, 9.17) is 11.6 Å². The van der Waals surface area contributed by atoms with E-state index in [-0.39, 0.29) is 27.3 Å². The Bertz CT molecular complexity index is 1170. The van der Waals surface area contributed by atoms with Crippen LogP contribution in [0.1, 0.15) is 12.5 Å². The van der Waals surface area contributed by atoms with Crippen molar-refractivity contribution < 1.29 is 21.6 Å². The topological polar surface area (TPSA) is 86.3 Å². The van der Waals surface area contributed by atoms with E-state index in [0.29, 0.717) is 15.3 Å². The van der Waals surface area contributed by atoms with Crippen molar-refractivity contribution in [3.05, 3.63) is 51.7 Å². The zero-order valence-corrected chi connectivity index (χ0v) is 14.6. The molecule has 0 saturated heterocycles. The number of hydrogen-bond donors (Lipinski definition) is 0. The number of halogens is 4. The van der Waals surface area contributed by atoms with Crippen LogP contribution < -0.4 is 5.69 Å². The molecule has 0 spiro atoms. The van der Waals surface area contributed by atoms with Gasteiger partial charge in [0.1, 0.15) is 10.0 Å². The highest BCUT2D eigenvalue weighted by atomic mass is 35.5. The van der Waals surface area contributed by atoms with Gasteiger partial charge in [0, 0.05) is 6.20 Å². The first kappa shape index (κ1) is 18.4. The molecule has 3 aromatic rings. The number of aromatic nitrogens is 4. The van der Waals surface area contributed by atoms with Crippen molar-refractivity contribution in [2.45, 2.75) is 18.0 Å². The normalized spacial score (nSPS) is 12.7. The molecule has 0 aliphatic carbocycles. The molecule has 0 aliphatic heterocycles. The standard InChI is InChI=1S/C14H10ClF3N4O3S/c1-2-26(24,25)9-4-5-10(15)19-12(9)22-13(23)21-7-8(14(16,17)18)3-6-11(21)20-22/h3-7H,2H2,1H3. The summed E-state index contributed by atoms with van der Waals surface area (Å²) in [6, 6.07) is 4.16. The molecule has 0 radical (unpaired) electrons. The van der Waals surface area contributed by atoms with Gasteiger partial charge in [-0.15, -0.1) is 5.10 Å². The molecule has 26 heavy (non-hydrogen) atoms. The highest BCUT2D eigenvalue weighted by molar-refractivity contribution is 7.91. The number of rotatable bonds is 3. The van der Waals surface area contributed by atoms with Crippen LogP contribution in [-0.2, 0) is 16.0 Å². The summed E-state index contributed by atoms with van der Waals surface area (Å²) in [5, 5.41) is 3.77. The summed E-state index contributed by atoms with van der Waals surface area (Å²) >= 11 is 5.79. The highest BCUT2D eigenvalue weighted by Crippen LogP contribution is 2.29. The van der Waals surface area contributed by atoms with E-state index in [2.05, 4.69) is 10.1 Å². The molecule has 0 unspecified atom stereocenters. The summed E-state index contributed by atoms with van der Waals surface area (Å²) in [6.07, 6.45) is -4.07. The van der Waals surface area contributed by atoms with Crippen LogP contribution in [-0.4, -0.2) is 33.3 Å². The van der Waals surface area contributed by atoms with Gasteiger partial charge in [0.15, 0.2) is 21.3 Å². The molecule has 12 heteroatoms. The van der Waals surface area contributed by atoms with Gasteiger partial charge in [-0.05, 0) is 24.3 Å². The summed E-state index contributed by atoms with van der Waals surface area (Å²) in [5.74, 6) is -0.648. The summed E-state index contributed by atoms with van der Waals surface area (Å²) in [5.41, 5.74) is -2.16. The van der Waals surface area contributed by atoms with Crippen molar-refractivity contribution >= 4 is 27.1 Å². The number of pyridine rings is 2. The lowest BCUT2D eigenvalue weighted by molar-refractivity contribution is -0.137. The first-order valence-electron chi connectivity index (χ1n) is 7.13. The van der Waals surface area contributed by atoms with E-state index in [1.165, 1.54) is 19.1 Å². The van der Waals surface area contributed by atoms with E-state index in [1.807, 2.05) is 0 Å². The Kier molecular flexibility index (Phi) is 4.31. The Labute approximate surface area is 149 Å². The molecular weight excluding hydrogens is 397 g/mol. The Morgan fingerprint density at radius 1 is 1.19 bits per heavy atom. The van der Waals surface area contributed by atoms with Gasteiger partial charge in [-0.25, -0.2) is 22.6 Å². The van der Waals surface area contributed by atoms with E-state index in [0.717, 1.165) is 12.1 Å². The van der Waals surface area contributed by atoms with E-state index >= 15 is 0 Å². The van der Waals surface area contributed by atoms with Crippen molar-refractivity contribution in [2.24, 2.45) is 0 Å². The molecule has 0 bridgehead atoms. The third-order valence-corrected chi connectivity index (χ3v) is 5.52. The third kappa shape index (κ3) is 3.07. The summed E-state index contributed by atoms with van der Waals surface area (Å²) in [4.78, 5) is 16.0. The van der Waals surface area contributed by atoms with Crippen molar-refractivity contribution in [1.82, 2.24) is 19.2 Å². The van der Waals surface area contributed by atoms with Gasteiger partial charge < -0.3 is 0 Å². The van der Waals surface area contributed by atoms with Crippen LogP contribution in [0.15, 0.2) is 40.2 Å². The minimum atomic E-state index is -4.65. The van der Waals surface area contributed by atoms with Crippen molar-refractivity contribution in [1.29, 1.82) is 0 Å². The summed E-state index contributed by atoms with van der Waals surface area (Å²) in [6.45, 7) is 1.40. The Hall–Kier alpha value is -2.40. The fourth-order valence-electron chi connectivity index (χ4n) is 2.24. The van der Waals surface area contributed by atoms with Crippen molar-refractivity contribution in [2.75, 3.05) is 5.75 Å². The maximum absolute atomic E-state index is 12.8. The molecular formula is C14H10ClF3N4O3S. The quantitative estimate of drug-likeness (QED) is 0.623. The second kappa shape index (κ2) is 6.09. The van der Waals surface area contributed by atoms with E-state index in [9.17, 15) is 26.4 Å². The van der Waals surface area contributed by atoms with Gasteiger partial charge in [-0.3, -0.25) is 0 Å². The highest BCUT2D eigenvalue weighted by Gasteiger charge is 2.31. The molecule has 0 saturated carbocycles. The molecule has 138 valence electrons. The van der Waals surface area contributed by atoms with Crippen LogP contribution in [0.25, 0.3) is 11.5 Å². The number of hydrogen-bond acceptors (Lipinski definition) is 5. The van der Waals surface area contributed by atoms with Gasteiger partial charge in [-0.2, -0.15) is 17.9 Å². The molecule has 3 rings (SSSR count). The van der Waals surface area contributed by atoms with Crippen molar-refractivity contribution in [3.8, 4) is 5.82 Å². The molecule has 0 atom stereocenters. The molecule has 7 nitrogen and oxygen atoms in total. The number of sulfone groups is 1. The molecule has 0 N–H and O–H groups in total. The predicted molar refractivity (Wildman–Crippen MR) is 86.3 cm³/mol. The number of fused-ring (bicyclic) bond motifs is 1. The second-order valence-electron chi connectivity index (χ2n) is 5.20. The SMILES string of the molecule is CCS(=O)(=O)c1ccc(Cl)nc1-n1nc2ccc(C(F)(F)F)cn2c1=O. The summed E-state index contributed by atoms with van der Waals surface area (Å²) in [7, 11) is -3.79. The minimum absolute atomic E-state index is 0.102. The smallest absolute Gasteiger partial charge is 0.249 e. The molecule has 3 heterocycles. The number of nitrogens with zero attached hydrogens (tertiary/aromatic N) is 4. The Balaban J connectivity index is 2.32. The van der Waals surface area contributed by atoms with Gasteiger partial charge in [0.2, 0.25) is 0 Å². The van der Waals surface area contributed by atoms with Gasteiger partial charge in [0.05, 0.1) is 11.3 Å². The van der Waals surface area contributed by atoms with Crippen LogP contribution in [0.3, 0.4) is 0 Å². The fraction of sp³-hybridized carbons (Fsp3) is 0.214. The molecule has 0 aliphatic rings. The van der Waals surface area contributed by atoms with Crippen LogP contribution in [0, 0.1) is 0 Å². The Morgan fingerprint density at radius 3 is 2.50 bits per heavy atom. The average molecular weight is 407 g/mol. The van der Waals surface area contributed by atoms with Gasteiger partial charge in [0.25, 0.3) is 0 Å². The lowest BCUT2D eigenvalue weighted by Gasteiger charge is -2.07. The Morgan fingerprint density at radius 2 is 1.88 bits per heavy atom. The first-order valence-corrected chi connectivity index (χ1v) is 9.16. The van der Waals surface area contributed by atoms with Crippen LogP contribution in [0.5, 0.6) is 0 Å². The molecule has 0 fully saturated rings. The van der Waals surface area contributed by atoms with Crippen LogP contribution in [0.2, 0.25) is 5.15 Å². The third-order valence-electron chi connectivity index (χ3n) is 3.57. The lowest BCUT2D eigenvalue weighted by Crippen LogP contribution is -2.23. The zero-order chi connectivity index (χ0) is 19.3. The molecule has 0 aromatic carbocycles. The zero-order valence-electron chi connectivity index (χ0n) is 13.0. The maximum atomic E-state index is 12.8. The van der Waals surface area contributed by atoms with Crippen LogP contribution >= 0.6 is 11.6 Å². The first-order chi connectivity index (χ1) is 12.0. The van der Waals surface area contributed by atoms with Gasteiger partial charge in [-0.1, -0.05) is 18.5 Å². The summed E-state index contributed by atoms with van der Waals surface area (Å²) < 4.78 is 64.3. The van der Waals surface area contributed by atoms with E-state index in [1.54, 1.807) is 0 Å². The second-order valence-corrected chi connectivity index (χ2v) is 7.83. The fourth-order valence-corrected chi connectivity index (χ4v) is 3.38. The maximum Gasteiger partial charge on any atom is 0.417 e. The monoisotopic (exact) mass is 406 g/mol. The predicted octanol–water partition coefficient (Wildman–Crippen LogP) is 2.35. The number of alkyl halides is 3. The van der Waals surface area contributed by atoms with Crippen LogP contribution in [0.4, 0.5) is 13.2 Å². The molecule has 0 amide bonds. The van der Waals surface area contributed by atoms with E-state index < -0.39 is 27.3 Å². The van der Waals surface area contributed by atoms with Gasteiger partial charge >= 0.3 is 11.9 Å². The molecule has 3 aromatic heterocycles. The largest absolute Gasteiger partial charge is 0.417 e. The van der Waals surface area contributed by atoms with Crippen molar-refractivity contribution in [3.63, 3.8) is 0 Å². The lowest BCUT2D eigenvalue weighted by atomic mass is 10.3. The average Bonchev–Trinajstić information content (AvgIpc) is 2.90.